The minimum absolute atomic E-state index is 0.0512. The smallest absolute Gasteiger partial charge is 0.242 e. The van der Waals surface area contributed by atoms with E-state index < -0.39 is 0 Å². The molecule has 2 rings (SSSR count). The molecular weight excluding hydrogens is 338 g/mol. The van der Waals surface area contributed by atoms with E-state index in [2.05, 4.69) is 36.8 Å². The summed E-state index contributed by atoms with van der Waals surface area (Å²) in [6.07, 6.45) is 0.0512. The van der Waals surface area contributed by atoms with Crippen LogP contribution in [0.2, 0.25) is 0 Å². The number of nitrogens with one attached hydrogen (secondary N) is 1. The van der Waals surface area contributed by atoms with Crippen LogP contribution in [0.4, 0.5) is 5.95 Å². The summed E-state index contributed by atoms with van der Waals surface area (Å²) in [5.41, 5.74) is 0.956. The summed E-state index contributed by atoms with van der Waals surface area (Å²) in [6, 6.07) is 3.86. The molecule has 0 saturated heterocycles. The molecule has 0 bridgehead atoms. The monoisotopic (exact) mass is 355 g/mol. The lowest BCUT2D eigenvalue weighted by Gasteiger charge is -2.18. The van der Waals surface area contributed by atoms with E-state index in [9.17, 15) is 0 Å². The first-order valence-electron chi connectivity index (χ1n) is 6.50. The number of hydrogen-bond acceptors (Lipinski definition) is 6. The molecule has 8 heteroatoms. The van der Waals surface area contributed by atoms with Crippen LogP contribution in [-0.4, -0.2) is 33.4 Å². The predicted molar refractivity (Wildman–Crippen MR) is 82.6 cm³/mol. The summed E-state index contributed by atoms with van der Waals surface area (Å²) in [5.74, 6) is 1.99. The Morgan fingerprint density at radius 1 is 1.38 bits per heavy atom. The number of anilines is 1. The highest BCUT2D eigenvalue weighted by atomic mass is 79.9. The summed E-state index contributed by atoms with van der Waals surface area (Å²) in [5, 5.41) is 14.4. The third kappa shape index (κ3) is 3.84. The average molecular weight is 356 g/mol. The molecule has 0 saturated carbocycles. The quantitative estimate of drug-likeness (QED) is 0.857. The lowest BCUT2D eigenvalue weighted by Crippen LogP contribution is -2.12. The number of halogens is 1. The van der Waals surface area contributed by atoms with E-state index in [-0.39, 0.29) is 6.10 Å². The van der Waals surface area contributed by atoms with Crippen molar-refractivity contribution in [1.82, 2.24) is 20.2 Å². The highest BCUT2D eigenvalue weighted by Crippen LogP contribution is 2.35. The van der Waals surface area contributed by atoms with E-state index in [0.717, 1.165) is 15.8 Å². The second-order valence-electron chi connectivity index (χ2n) is 4.74. The molecule has 1 aromatic carbocycles. The Kier molecular flexibility index (Phi) is 5.00. The minimum Gasteiger partial charge on any atom is -0.493 e. The molecule has 7 nitrogen and oxygen atoms in total. The van der Waals surface area contributed by atoms with Crippen molar-refractivity contribution in [3.05, 3.63) is 22.2 Å². The van der Waals surface area contributed by atoms with Crippen molar-refractivity contribution in [2.24, 2.45) is 7.05 Å². The Bertz CT molecular complexity index is 615. The fourth-order valence-electron chi connectivity index (χ4n) is 1.83. The van der Waals surface area contributed by atoms with Crippen LogP contribution in [0, 0.1) is 0 Å². The molecule has 0 fully saturated rings. The van der Waals surface area contributed by atoms with E-state index in [0.29, 0.717) is 18.2 Å². The van der Waals surface area contributed by atoms with Gasteiger partial charge in [-0.3, -0.25) is 0 Å². The van der Waals surface area contributed by atoms with Gasteiger partial charge in [-0.25, -0.2) is 4.68 Å². The second kappa shape index (κ2) is 6.75. The van der Waals surface area contributed by atoms with Gasteiger partial charge in [0.05, 0.1) is 13.2 Å². The predicted octanol–water partition coefficient (Wildman–Crippen LogP) is 2.38. The zero-order valence-electron chi connectivity index (χ0n) is 12.4. The van der Waals surface area contributed by atoms with Gasteiger partial charge in [0.25, 0.3) is 0 Å². The standard InChI is InChI=1S/C13H18BrN5O2/c1-8(2)21-12-9(5-10(14)6-11(12)20-4)7-15-13-16-17-18-19(13)3/h5-6,8H,7H2,1-4H3,(H,15,16,18). The van der Waals surface area contributed by atoms with Crippen molar-refractivity contribution in [2.75, 3.05) is 12.4 Å². The molecule has 0 spiro atoms. The maximum atomic E-state index is 5.88. The van der Waals surface area contributed by atoms with E-state index in [1.807, 2.05) is 26.0 Å². The van der Waals surface area contributed by atoms with Crippen LogP contribution in [0.25, 0.3) is 0 Å². The highest BCUT2D eigenvalue weighted by Gasteiger charge is 2.15. The Morgan fingerprint density at radius 2 is 2.14 bits per heavy atom. The number of aromatic nitrogens is 4. The summed E-state index contributed by atoms with van der Waals surface area (Å²) < 4.78 is 13.8. The molecule has 0 aliphatic rings. The number of aryl methyl sites for hydroxylation is 1. The third-order valence-electron chi connectivity index (χ3n) is 2.73. The summed E-state index contributed by atoms with van der Waals surface area (Å²) in [6.45, 7) is 4.47. The van der Waals surface area contributed by atoms with Gasteiger partial charge in [-0.15, -0.1) is 0 Å². The maximum Gasteiger partial charge on any atom is 0.242 e. The molecule has 0 aliphatic carbocycles. The normalized spacial score (nSPS) is 10.8. The summed E-state index contributed by atoms with van der Waals surface area (Å²) in [4.78, 5) is 0. The Labute approximate surface area is 131 Å². The number of ether oxygens (including phenoxy) is 2. The third-order valence-corrected chi connectivity index (χ3v) is 3.18. The van der Waals surface area contributed by atoms with E-state index in [1.54, 1.807) is 18.8 Å². The molecule has 0 unspecified atom stereocenters. The molecule has 0 atom stereocenters. The highest BCUT2D eigenvalue weighted by molar-refractivity contribution is 9.10. The van der Waals surface area contributed by atoms with Crippen LogP contribution in [-0.2, 0) is 13.6 Å². The molecule has 1 heterocycles. The van der Waals surface area contributed by atoms with Gasteiger partial charge in [-0.05, 0) is 36.4 Å². The molecule has 2 aromatic rings. The zero-order valence-corrected chi connectivity index (χ0v) is 14.0. The molecule has 0 amide bonds. The van der Waals surface area contributed by atoms with E-state index in [1.165, 1.54) is 0 Å². The fraction of sp³-hybridized carbons (Fsp3) is 0.462. The van der Waals surface area contributed by atoms with Gasteiger partial charge in [0, 0.05) is 23.6 Å². The number of benzene rings is 1. The van der Waals surface area contributed by atoms with Crippen LogP contribution >= 0.6 is 15.9 Å². The van der Waals surface area contributed by atoms with Gasteiger partial charge >= 0.3 is 0 Å². The van der Waals surface area contributed by atoms with Crippen LogP contribution in [0.5, 0.6) is 11.5 Å². The van der Waals surface area contributed by atoms with Crippen LogP contribution in [0.15, 0.2) is 16.6 Å². The lowest BCUT2D eigenvalue weighted by atomic mass is 10.2. The molecule has 0 aliphatic heterocycles. The van der Waals surface area contributed by atoms with Crippen molar-refractivity contribution < 1.29 is 9.47 Å². The van der Waals surface area contributed by atoms with Crippen molar-refractivity contribution in [3.63, 3.8) is 0 Å². The first kappa shape index (κ1) is 15.6. The number of nitrogens with zero attached hydrogens (tertiary/aromatic N) is 4. The topological polar surface area (TPSA) is 74.1 Å². The van der Waals surface area contributed by atoms with Crippen LogP contribution in [0.3, 0.4) is 0 Å². The van der Waals surface area contributed by atoms with E-state index >= 15 is 0 Å². The summed E-state index contributed by atoms with van der Waals surface area (Å²) >= 11 is 3.48. The molecule has 21 heavy (non-hydrogen) atoms. The van der Waals surface area contributed by atoms with Crippen molar-refractivity contribution >= 4 is 21.9 Å². The van der Waals surface area contributed by atoms with Crippen LogP contribution < -0.4 is 14.8 Å². The van der Waals surface area contributed by atoms with Gasteiger partial charge in [-0.1, -0.05) is 21.0 Å². The summed E-state index contributed by atoms with van der Waals surface area (Å²) in [7, 11) is 3.40. The molecular formula is C13H18BrN5O2. The van der Waals surface area contributed by atoms with Crippen molar-refractivity contribution in [3.8, 4) is 11.5 Å². The van der Waals surface area contributed by atoms with Gasteiger partial charge in [0.15, 0.2) is 11.5 Å². The van der Waals surface area contributed by atoms with Crippen molar-refractivity contribution in [2.45, 2.75) is 26.5 Å². The number of tetrazole rings is 1. The number of hydrogen-bond donors (Lipinski definition) is 1. The number of rotatable bonds is 6. The van der Waals surface area contributed by atoms with Gasteiger partial charge in [0.1, 0.15) is 0 Å². The maximum absolute atomic E-state index is 5.88. The Morgan fingerprint density at radius 3 is 2.71 bits per heavy atom. The van der Waals surface area contributed by atoms with E-state index in [4.69, 9.17) is 9.47 Å². The van der Waals surface area contributed by atoms with Gasteiger partial charge < -0.3 is 14.8 Å². The van der Waals surface area contributed by atoms with Crippen molar-refractivity contribution in [1.29, 1.82) is 0 Å². The Balaban J connectivity index is 2.27. The van der Waals surface area contributed by atoms with Gasteiger partial charge in [0.2, 0.25) is 5.95 Å². The SMILES string of the molecule is COc1cc(Br)cc(CNc2nnnn2C)c1OC(C)C. The van der Waals surface area contributed by atoms with Crippen LogP contribution in [0.1, 0.15) is 19.4 Å². The fourth-order valence-corrected chi connectivity index (χ4v) is 2.31. The molecule has 114 valence electrons. The second-order valence-corrected chi connectivity index (χ2v) is 5.66. The Hall–Kier alpha value is -1.83. The minimum atomic E-state index is 0.0512. The largest absolute Gasteiger partial charge is 0.493 e. The first-order valence-corrected chi connectivity index (χ1v) is 7.30. The molecule has 0 radical (unpaired) electrons. The number of methoxy groups -OCH3 is 1. The molecule has 1 N–H and O–H groups in total. The van der Waals surface area contributed by atoms with Gasteiger partial charge in [-0.2, -0.15) is 0 Å². The average Bonchev–Trinajstić information content (AvgIpc) is 2.83. The molecule has 1 aromatic heterocycles. The zero-order chi connectivity index (χ0) is 15.4. The first-order chi connectivity index (χ1) is 10.0. The lowest BCUT2D eigenvalue weighted by molar-refractivity contribution is 0.228.